The minimum atomic E-state index is -0.499. The quantitative estimate of drug-likeness (QED) is 0.493. The van der Waals surface area contributed by atoms with Crippen LogP contribution in [0.25, 0.3) is 6.08 Å². The molecule has 0 aromatic heterocycles. The lowest BCUT2D eigenvalue weighted by molar-refractivity contribution is -0.128. The molecule has 5 heteroatoms. The van der Waals surface area contributed by atoms with Gasteiger partial charge in [0.25, 0.3) is 0 Å². The summed E-state index contributed by atoms with van der Waals surface area (Å²) in [5.74, 6) is 1.20. The highest BCUT2D eigenvalue weighted by Crippen LogP contribution is 2.32. The summed E-state index contributed by atoms with van der Waals surface area (Å²) >= 11 is 5.92. The summed E-state index contributed by atoms with van der Waals surface area (Å²) in [6, 6.07) is 12.2. The molecule has 1 aliphatic rings. The summed E-state index contributed by atoms with van der Waals surface area (Å²) in [5.41, 5.74) is 0.815. The topological polar surface area (TPSA) is 44.8 Å². The van der Waals surface area contributed by atoms with Gasteiger partial charge in [-0.2, -0.15) is 0 Å². The number of esters is 1. The lowest BCUT2D eigenvalue weighted by Crippen LogP contribution is -2.03. The third kappa shape index (κ3) is 3.17. The van der Waals surface area contributed by atoms with E-state index in [1.54, 1.807) is 42.5 Å². The van der Waals surface area contributed by atoms with Crippen molar-refractivity contribution in [3.63, 3.8) is 0 Å². The van der Waals surface area contributed by atoms with E-state index in [2.05, 4.69) is 0 Å². The fourth-order valence-electron chi connectivity index (χ4n) is 1.85. The van der Waals surface area contributed by atoms with E-state index in [9.17, 15) is 4.79 Å². The Morgan fingerprint density at radius 3 is 2.81 bits per heavy atom. The molecule has 0 spiro atoms. The Kier molecular flexibility index (Phi) is 3.79. The zero-order chi connectivity index (χ0) is 14.7. The molecule has 0 amide bonds. The van der Waals surface area contributed by atoms with Gasteiger partial charge in [0.2, 0.25) is 6.79 Å². The first-order valence-electron chi connectivity index (χ1n) is 6.26. The molecule has 0 bridgehead atoms. The van der Waals surface area contributed by atoms with Gasteiger partial charge in [0.1, 0.15) is 5.75 Å². The van der Waals surface area contributed by atoms with Crippen molar-refractivity contribution in [1.82, 2.24) is 0 Å². The molecule has 0 unspecified atom stereocenters. The first-order chi connectivity index (χ1) is 10.2. The molecule has 2 aromatic rings. The van der Waals surface area contributed by atoms with E-state index >= 15 is 0 Å². The third-order valence-electron chi connectivity index (χ3n) is 2.86. The van der Waals surface area contributed by atoms with Gasteiger partial charge in [-0.1, -0.05) is 29.8 Å². The second-order valence-electron chi connectivity index (χ2n) is 4.30. The van der Waals surface area contributed by atoms with Crippen molar-refractivity contribution in [3.8, 4) is 17.2 Å². The van der Waals surface area contributed by atoms with Crippen LogP contribution in [0.3, 0.4) is 0 Å². The van der Waals surface area contributed by atoms with Gasteiger partial charge < -0.3 is 14.2 Å². The average molecular weight is 303 g/mol. The van der Waals surface area contributed by atoms with E-state index in [0.717, 1.165) is 5.56 Å². The van der Waals surface area contributed by atoms with Crippen LogP contribution >= 0.6 is 11.6 Å². The molecular formula is C16H11ClO4. The first-order valence-corrected chi connectivity index (χ1v) is 6.64. The minimum Gasteiger partial charge on any atom is -0.454 e. The number of hydrogen-bond acceptors (Lipinski definition) is 4. The van der Waals surface area contributed by atoms with Crippen LogP contribution in [-0.4, -0.2) is 12.8 Å². The van der Waals surface area contributed by atoms with Crippen LogP contribution < -0.4 is 14.2 Å². The molecule has 0 saturated carbocycles. The van der Waals surface area contributed by atoms with Crippen molar-refractivity contribution >= 4 is 23.6 Å². The Morgan fingerprint density at radius 2 is 1.95 bits per heavy atom. The van der Waals surface area contributed by atoms with Crippen molar-refractivity contribution in [2.75, 3.05) is 6.79 Å². The standard InChI is InChI=1S/C16H11ClO4/c17-12-3-1-2-4-13(12)21-16(18)8-6-11-5-7-14-15(9-11)20-10-19-14/h1-9H,10H2/b8-6+. The molecule has 0 N–H and O–H groups in total. The Morgan fingerprint density at radius 1 is 1.14 bits per heavy atom. The number of halogens is 1. The van der Waals surface area contributed by atoms with Crippen LogP contribution in [0.4, 0.5) is 0 Å². The predicted octanol–water partition coefficient (Wildman–Crippen LogP) is 3.69. The van der Waals surface area contributed by atoms with Crippen molar-refractivity contribution in [2.24, 2.45) is 0 Å². The lowest BCUT2D eigenvalue weighted by Gasteiger charge is -2.02. The molecule has 106 valence electrons. The van der Waals surface area contributed by atoms with E-state index in [-0.39, 0.29) is 6.79 Å². The number of hydrogen-bond donors (Lipinski definition) is 0. The van der Waals surface area contributed by atoms with Crippen LogP contribution in [-0.2, 0) is 4.79 Å². The Labute approximate surface area is 126 Å². The highest BCUT2D eigenvalue weighted by molar-refractivity contribution is 6.32. The molecule has 0 saturated heterocycles. The van der Waals surface area contributed by atoms with Gasteiger partial charge >= 0.3 is 5.97 Å². The fourth-order valence-corrected chi connectivity index (χ4v) is 2.03. The maximum atomic E-state index is 11.7. The zero-order valence-electron chi connectivity index (χ0n) is 10.9. The largest absolute Gasteiger partial charge is 0.454 e. The molecule has 0 radical (unpaired) electrons. The summed E-state index contributed by atoms with van der Waals surface area (Å²) < 4.78 is 15.6. The molecule has 2 aromatic carbocycles. The van der Waals surface area contributed by atoms with Gasteiger partial charge in [-0.05, 0) is 35.9 Å². The van der Waals surface area contributed by atoms with E-state index < -0.39 is 5.97 Å². The van der Waals surface area contributed by atoms with Crippen molar-refractivity contribution in [1.29, 1.82) is 0 Å². The third-order valence-corrected chi connectivity index (χ3v) is 3.17. The van der Waals surface area contributed by atoms with Gasteiger partial charge in [0.15, 0.2) is 11.5 Å². The first kappa shape index (κ1) is 13.5. The summed E-state index contributed by atoms with van der Waals surface area (Å²) in [6.07, 6.45) is 2.97. The van der Waals surface area contributed by atoms with Crippen LogP contribution in [0, 0.1) is 0 Å². The number of para-hydroxylation sites is 1. The number of carbonyl (C=O) groups excluding carboxylic acids is 1. The molecule has 1 aliphatic heterocycles. The molecule has 0 fully saturated rings. The molecule has 4 nitrogen and oxygen atoms in total. The SMILES string of the molecule is O=C(/C=C/c1ccc2c(c1)OCO2)Oc1ccccc1Cl. The zero-order valence-corrected chi connectivity index (χ0v) is 11.7. The predicted molar refractivity (Wildman–Crippen MR) is 78.7 cm³/mol. The van der Waals surface area contributed by atoms with E-state index in [0.29, 0.717) is 22.3 Å². The number of ether oxygens (including phenoxy) is 3. The maximum absolute atomic E-state index is 11.7. The van der Waals surface area contributed by atoms with Gasteiger partial charge in [0, 0.05) is 6.08 Å². The summed E-state index contributed by atoms with van der Waals surface area (Å²) in [7, 11) is 0. The van der Waals surface area contributed by atoms with Crippen molar-refractivity contribution < 1.29 is 19.0 Å². The molecule has 0 atom stereocenters. The second kappa shape index (κ2) is 5.89. The van der Waals surface area contributed by atoms with Gasteiger partial charge in [-0.3, -0.25) is 0 Å². The van der Waals surface area contributed by atoms with E-state index in [1.165, 1.54) is 6.08 Å². The Bertz CT molecular complexity index is 709. The van der Waals surface area contributed by atoms with E-state index in [1.807, 2.05) is 6.07 Å². The number of fused-ring (bicyclic) bond motifs is 1. The summed E-state index contributed by atoms with van der Waals surface area (Å²) in [5, 5.41) is 0.391. The maximum Gasteiger partial charge on any atom is 0.336 e. The monoisotopic (exact) mass is 302 g/mol. The van der Waals surface area contributed by atoms with Gasteiger partial charge in [-0.15, -0.1) is 0 Å². The molecule has 21 heavy (non-hydrogen) atoms. The summed E-state index contributed by atoms with van der Waals surface area (Å²) in [6.45, 7) is 0.219. The van der Waals surface area contributed by atoms with Crippen molar-refractivity contribution in [3.05, 3.63) is 59.1 Å². The van der Waals surface area contributed by atoms with Crippen LogP contribution in [0.5, 0.6) is 17.2 Å². The van der Waals surface area contributed by atoms with Crippen LogP contribution in [0.15, 0.2) is 48.5 Å². The second-order valence-corrected chi connectivity index (χ2v) is 4.70. The Balaban J connectivity index is 1.68. The lowest BCUT2D eigenvalue weighted by atomic mass is 10.2. The average Bonchev–Trinajstić information content (AvgIpc) is 2.95. The molecule has 3 rings (SSSR count). The Hall–Kier alpha value is -2.46. The highest BCUT2D eigenvalue weighted by Gasteiger charge is 2.12. The van der Waals surface area contributed by atoms with Crippen LogP contribution in [0.2, 0.25) is 5.02 Å². The number of benzene rings is 2. The number of rotatable bonds is 3. The van der Waals surface area contributed by atoms with Crippen LogP contribution in [0.1, 0.15) is 5.56 Å². The minimum absolute atomic E-state index is 0.219. The molecule has 0 aliphatic carbocycles. The normalized spacial score (nSPS) is 12.6. The molecule has 1 heterocycles. The fraction of sp³-hybridized carbons (Fsp3) is 0.0625. The van der Waals surface area contributed by atoms with Gasteiger partial charge in [-0.25, -0.2) is 4.79 Å². The van der Waals surface area contributed by atoms with Gasteiger partial charge in [0.05, 0.1) is 5.02 Å². The number of carbonyl (C=O) groups is 1. The smallest absolute Gasteiger partial charge is 0.336 e. The van der Waals surface area contributed by atoms with E-state index in [4.69, 9.17) is 25.8 Å². The van der Waals surface area contributed by atoms with Crippen molar-refractivity contribution in [2.45, 2.75) is 0 Å². The highest BCUT2D eigenvalue weighted by atomic mass is 35.5. The molecular weight excluding hydrogens is 292 g/mol. The summed E-state index contributed by atoms with van der Waals surface area (Å²) in [4.78, 5) is 11.7.